The van der Waals surface area contributed by atoms with Crippen LogP contribution in [0.1, 0.15) is 29.6 Å². The Morgan fingerprint density at radius 2 is 2.04 bits per heavy atom. The molecule has 122 valence electrons. The molecule has 1 N–H and O–H groups in total. The van der Waals surface area contributed by atoms with Crippen LogP contribution in [0, 0.1) is 0 Å². The molecule has 2 unspecified atom stereocenters. The van der Waals surface area contributed by atoms with E-state index in [1.54, 1.807) is 17.7 Å². The summed E-state index contributed by atoms with van der Waals surface area (Å²) in [5.74, 6) is 2.44. The average molecular weight is 340 g/mol. The van der Waals surface area contributed by atoms with Crippen molar-refractivity contribution in [3.8, 4) is 11.5 Å². The van der Waals surface area contributed by atoms with E-state index in [0.29, 0.717) is 13.2 Å². The van der Waals surface area contributed by atoms with Crippen molar-refractivity contribution < 1.29 is 9.47 Å². The molecule has 0 fully saturated rings. The van der Waals surface area contributed by atoms with Crippen LogP contribution in [0.15, 0.2) is 41.4 Å². The monoisotopic (exact) mass is 340 g/mol. The van der Waals surface area contributed by atoms with Crippen molar-refractivity contribution in [1.82, 2.24) is 14.8 Å². The lowest BCUT2D eigenvalue weighted by Crippen LogP contribution is -2.28. The minimum atomic E-state index is 0.155. The van der Waals surface area contributed by atoms with Gasteiger partial charge < -0.3 is 14.8 Å². The van der Waals surface area contributed by atoms with E-state index in [0.717, 1.165) is 23.9 Å². The van der Waals surface area contributed by atoms with Crippen LogP contribution in [0.4, 0.5) is 5.95 Å². The van der Waals surface area contributed by atoms with Gasteiger partial charge in [-0.15, -0.1) is 0 Å². The first-order chi connectivity index (χ1) is 11.9. The number of hydrogen-bond donors (Lipinski definition) is 1. The lowest BCUT2D eigenvalue weighted by molar-refractivity contribution is 0.171. The Balaban J connectivity index is 1.51. The molecular formula is C17H16N4O2S. The van der Waals surface area contributed by atoms with Crippen molar-refractivity contribution in [2.75, 3.05) is 18.5 Å². The second kappa shape index (κ2) is 5.52. The third-order valence-corrected chi connectivity index (χ3v) is 5.23. The van der Waals surface area contributed by atoms with Gasteiger partial charge in [-0.05, 0) is 46.5 Å². The molecule has 0 radical (unpaired) electrons. The summed E-state index contributed by atoms with van der Waals surface area (Å²) < 4.78 is 13.3. The zero-order valence-corrected chi connectivity index (χ0v) is 13.7. The lowest BCUT2D eigenvalue weighted by Gasteiger charge is -2.31. The van der Waals surface area contributed by atoms with Crippen molar-refractivity contribution in [3.05, 3.63) is 52.5 Å². The van der Waals surface area contributed by atoms with Gasteiger partial charge in [-0.1, -0.05) is 6.07 Å². The van der Waals surface area contributed by atoms with Crippen LogP contribution in [0.5, 0.6) is 11.5 Å². The first-order valence-corrected chi connectivity index (χ1v) is 8.90. The van der Waals surface area contributed by atoms with E-state index in [1.165, 1.54) is 11.1 Å². The van der Waals surface area contributed by atoms with Crippen molar-refractivity contribution in [3.63, 3.8) is 0 Å². The maximum absolute atomic E-state index is 5.72. The average Bonchev–Trinajstić information content (AvgIpc) is 3.32. The Morgan fingerprint density at radius 1 is 1.12 bits per heavy atom. The van der Waals surface area contributed by atoms with Crippen molar-refractivity contribution in [2.45, 2.75) is 18.5 Å². The summed E-state index contributed by atoms with van der Waals surface area (Å²) in [5, 5.41) is 12.2. The first kappa shape index (κ1) is 13.9. The van der Waals surface area contributed by atoms with Gasteiger partial charge in [0.2, 0.25) is 5.95 Å². The minimum absolute atomic E-state index is 0.155. The predicted octanol–water partition coefficient (Wildman–Crippen LogP) is 3.26. The highest BCUT2D eigenvalue weighted by molar-refractivity contribution is 7.07. The molecule has 3 aromatic rings. The molecule has 7 heteroatoms. The molecule has 0 aliphatic carbocycles. The molecule has 5 rings (SSSR count). The van der Waals surface area contributed by atoms with Crippen molar-refractivity contribution >= 4 is 17.3 Å². The molecule has 24 heavy (non-hydrogen) atoms. The Hall–Kier alpha value is -2.54. The number of rotatable bonds is 2. The Kier molecular flexibility index (Phi) is 3.19. The number of anilines is 1. The fourth-order valence-corrected chi connectivity index (χ4v) is 4.06. The van der Waals surface area contributed by atoms with Gasteiger partial charge in [-0.3, -0.25) is 0 Å². The van der Waals surface area contributed by atoms with E-state index >= 15 is 0 Å². The molecule has 2 aromatic heterocycles. The molecule has 0 spiro atoms. The highest BCUT2D eigenvalue weighted by Crippen LogP contribution is 2.40. The van der Waals surface area contributed by atoms with Crippen LogP contribution < -0.4 is 14.8 Å². The van der Waals surface area contributed by atoms with Crippen LogP contribution in [0.2, 0.25) is 0 Å². The van der Waals surface area contributed by atoms with Gasteiger partial charge in [-0.2, -0.15) is 21.4 Å². The molecular weight excluding hydrogens is 324 g/mol. The molecule has 0 bridgehead atoms. The largest absolute Gasteiger partial charge is 0.486 e. The summed E-state index contributed by atoms with van der Waals surface area (Å²) in [6.45, 7) is 1.21. The maximum atomic E-state index is 5.72. The number of aromatic nitrogens is 3. The minimum Gasteiger partial charge on any atom is -0.486 e. The summed E-state index contributed by atoms with van der Waals surface area (Å²) >= 11 is 1.71. The van der Waals surface area contributed by atoms with Gasteiger partial charge in [0, 0.05) is 0 Å². The molecule has 1 aromatic carbocycles. The number of fused-ring (bicyclic) bond motifs is 2. The van der Waals surface area contributed by atoms with Crippen LogP contribution in [-0.4, -0.2) is 28.0 Å². The van der Waals surface area contributed by atoms with Gasteiger partial charge in [0.25, 0.3) is 0 Å². The van der Waals surface area contributed by atoms with Gasteiger partial charge in [-0.25, -0.2) is 4.68 Å². The molecule has 2 atom stereocenters. The molecule has 0 saturated heterocycles. The predicted molar refractivity (Wildman–Crippen MR) is 90.9 cm³/mol. The highest BCUT2D eigenvalue weighted by Gasteiger charge is 2.30. The number of nitrogens with one attached hydrogen (secondary N) is 1. The Morgan fingerprint density at radius 3 is 2.92 bits per heavy atom. The van der Waals surface area contributed by atoms with E-state index in [-0.39, 0.29) is 12.1 Å². The Labute approximate surface area is 143 Å². The molecule has 2 aliphatic rings. The smallest absolute Gasteiger partial charge is 0.222 e. The zero-order chi connectivity index (χ0) is 15.9. The quantitative estimate of drug-likeness (QED) is 0.776. The number of nitrogens with zero attached hydrogens (tertiary/aromatic N) is 3. The third kappa shape index (κ3) is 2.24. The number of hydrogen-bond acceptors (Lipinski definition) is 6. The third-order valence-electron chi connectivity index (χ3n) is 4.53. The van der Waals surface area contributed by atoms with Crippen LogP contribution in [-0.2, 0) is 0 Å². The number of ether oxygens (including phenoxy) is 2. The lowest BCUT2D eigenvalue weighted by atomic mass is 9.94. The maximum Gasteiger partial charge on any atom is 0.222 e. The van der Waals surface area contributed by atoms with E-state index in [4.69, 9.17) is 9.47 Å². The van der Waals surface area contributed by atoms with Gasteiger partial charge in [0.1, 0.15) is 19.5 Å². The summed E-state index contributed by atoms with van der Waals surface area (Å²) in [4.78, 5) is 4.37. The van der Waals surface area contributed by atoms with E-state index in [9.17, 15) is 0 Å². The van der Waals surface area contributed by atoms with E-state index in [1.807, 2.05) is 10.7 Å². The molecule has 0 amide bonds. The van der Waals surface area contributed by atoms with Gasteiger partial charge in [0.05, 0.1) is 12.1 Å². The molecule has 2 aliphatic heterocycles. The van der Waals surface area contributed by atoms with Crippen LogP contribution in [0.3, 0.4) is 0 Å². The Bertz CT molecular complexity index is 861. The fourth-order valence-electron chi connectivity index (χ4n) is 3.36. The standard InChI is InChI=1S/C17H16N4O2S/c1-2-15-16(23-5-4-22-15)7-11(1)13-8-14(12-3-6-24-9-12)21-17(20-13)18-10-19-21/h1-3,6-7,9-10,13-14H,4-5,8H2,(H,18,19,20). The normalized spacial score (nSPS) is 21.8. The van der Waals surface area contributed by atoms with Crippen LogP contribution in [0.25, 0.3) is 0 Å². The van der Waals surface area contributed by atoms with Crippen LogP contribution >= 0.6 is 11.3 Å². The molecule has 6 nitrogen and oxygen atoms in total. The molecule has 4 heterocycles. The highest BCUT2D eigenvalue weighted by atomic mass is 32.1. The van der Waals surface area contributed by atoms with Crippen molar-refractivity contribution in [2.24, 2.45) is 0 Å². The summed E-state index contributed by atoms with van der Waals surface area (Å²) in [6.07, 6.45) is 2.51. The van der Waals surface area contributed by atoms with E-state index in [2.05, 4.69) is 44.4 Å². The topological polar surface area (TPSA) is 61.2 Å². The van der Waals surface area contributed by atoms with Gasteiger partial charge >= 0.3 is 0 Å². The SMILES string of the molecule is c1nc2n(n1)C(c1ccsc1)CC(c1ccc3c(c1)OCCO3)N2. The second-order valence-electron chi connectivity index (χ2n) is 5.94. The second-order valence-corrected chi connectivity index (χ2v) is 6.72. The summed E-state index contributed by atoms with van der Waals surface area (Å²) in [7, 11) is 0. The van der Waals surface area contributed by atoms with Gasteiger partial charge in [0.15, 0.2) is 11.5 Å². The summed E-state index contributed by atoms with van der Waals surface area (Å²) in [5.41, 5.74) is 2.45. The number of thiophene rings is 1. The fraction of sp³-hybridized carbons (Fsp3) is 0.294. The van der Waals surface area contributed by atoms with Crippen molar-refractivity contribution in [1.29, 1.82) is 0 Å². The number of benzene rings is 1. The molecule has 0 saturated carbocycles. The first-order valence-electron chi connectivity index (χ1n) is 7.96. The summed E-state index contributed by atoms with van der Waals surface area (Å²) in [6, 6.07) is 8.66. The zero-order valence-electron chi connectivity index (χ0n) is 12.9. The van der Waals surface area contributed by atoms with E-state index < -0.39 is 0 Å².